The van der Waals surface area contributed by atoms with Crippen molar-refractivity contribution in [2.45, 2.75) is 13.1 Å². The lowest BCUT2D eigenvalue weighted by atomic mass is 10.2. The number of furan rings is 1. The average Bonchev–Trinajstić information content (AvgIpc) is 2.31. The second-order valence-electron chi connectivity index (χ2n) is 2.26. The molecule has 1 heterocycles. The normalized spacial score (nSPS) is 11.7. The number of Topliss-reactive ketones (excluding diaryl/α,β-unsaturated/α-hetero) is 1. The third kappa shape index (κ3) is 1.49. The topological polar surface area (TPSA) is 30.2 Å². The highest BCUT2D eigenvalue weighted by atomic mass is 19.4. The van der Waals surface area contributed by atoms with Crippen LogP contribution in [0.2, 0.25) is 0 Å². The van der Waals surface area contributed by atoms with Crippen LogP contribution in [0.1, 0.15) is 16.1 Å². The Morgan fingerprint density at radius 2 is 2.08 bits per heavy atom. The molecule has 1 rings (SSSR count). The Morgan fingerprint density at radius 1 is 1.50 bits per heavy atom. The molecule has 0 fully saturated rings. The zero-order valence-electron chi connectivity index (χ0n) is 6.11. The molecule has 12 heavy (non-hydrogen) atoms. The SMILES string of the molecule is Cc1ccoc1C(=O)C(F)(F)F. The summed E-state index contributed by atoms with van der Waals surface area (Å²) in [5.41, 5.74) is 0.192. The Bertz CT molecular complexity index is 298. The molecule has 0 atom stereocenters. The van der Waals surface area contributed by atoms with Crippen LogP contribution in [0.25, 0.3) is 0 Å². The van der Waals surface area contributed by atoms with Crippen molar-refractivity contribution >= 4 is 5.78 Å². The summed E-state index contributed by atoms with van der Waals surface area (Å²) in [4.78, 5) is 10.5. The van der Waals surface area contributed by atoms with Gasteiger partial charge in [0, 0.05) is 0 Å². The van der Waals surface area contributed by atoms with E-state index >= 15 is 0 Å². The summed E-state index contributed by atoms with van der Waals surface area (Å²) in [6.07, 6.45) is -3.81. The van der Waals surface area contributed by atoms with Crippen LogP contribution in [0, 0.1) is 6.92 Å². The second kappa shape index (κ2) is 2.66. The number of halogens is 3. The van der Waals surface area contributed by atoms with Gasteiger partial charge in [-0.25, -0.2) is 0 Å². The van der Waals surface area contributed by atoms with Gasteiger partial charge in [0.15, 0.2) is 5.76 Å². The van der Waals surface area contributed by atoms with Gasteiger partial charge in [-0.2, -0.15) is 13.2 Å². The lowest BCUT2D eigenvalue weighted by Crippen LogP contribution is -2.22. The number of carbonyl (C=O) groups is 1. The van der Waals surface area contributed by atoms with E-state index in [0.29, 0.717) is 0 Å². The van der Waals surface area contributed by atoms with Gasteiger partial charge in [0.1, 0.15) is 0 Å². The van der Waals surface area contributed by atoms with E-state index in [2.05, 4.69) is 4.42 Å². The first-order chi connectivity index (χ1) is 5.43. The van der Waals surface area contributed by atoms with Crippen LogP contribution in [0.5, 0.6) is 0 Å². The molecule has 1 aromatic rings. The van der Waals surface area contributed by atoms with E-state index in [4.69, 9.17) is 0 Å². The second-order valence-corrected chi connectivity index (χ2v) is 2.26. The van der Waals surface area contributed by atoms with Gasteiger partial charge < -0.3 is 4.42 Å². The van der Waals surface area contributed by atoms with E-state index in [0.717, 1.165) is 6.26 Å². The Balaban J connectivity index is 3.01. The van der Waals surface area contributed by atoms with Crippen LogP contribution < -0.4 is 0 Å². The first kappa shape index (κ1) is 8.83. The van der Waals surface area contributed by atoms with Gasteiger partial charge in [0.2, 0.25) is 0 Å². The van der Waals surface area contributed by atoms with E-state index in [1.807, 2.05) is 0 Å². The van der Waals surface area contributed by atoms with Crippen LogP contribution >= 0.6 is 0 Å². The van der Waals surface area contributed by atoms with Crippen LogP contribution in [0.4, 0.5) is 13.2 Å². The summed E-state index contributed by atoms with van der Waals surface area (Å²) < 4.78 is 39.7. The number of carbonyl (C=O) groups excluding carboxylic acids is 1. The fraction of sp³-hybridized carbons (Fsp3) is 0.286. The fourth-order valence-electron chi connectivity index (χ4n) is 0.734. The number of aryl methyl sites for hydroxylation is 1. The van der Waals surface area contributed by atoms with Gasteiger partial charge in [-0.1, -0.05) is 0 Å². The summed E-state index contributed by atoms with van der Waals surface area (Å²) in [7, 11) is 0. The van der Waals surface area contributed by atoms with Crippen molar-refractivity contribution in [1.82, 2.24) is 0 Å². The molecule has 5 heteroatoms. The molecule has 0 aliphatic carbocycles. The number of ketones is 1. The molecule has 0 spiro atoms. The molecule has 0 aliphatic heterocycles. The van der Waals surface area contributed by atoms with E-state index in [-0.39, 0.29) is 5.56 Å². The maximum atomic E-state index is 11.8. The van der Waals surface area contributed by atoms with Crippen LogP contribution in [0.15, 0.2) is 16.7 Å². The van der Waals surface area contributed by atoms with Gasteiger partial charge >= 0.3 is 12.0 Å². The Kier molecular flexibility index (Phi) is 1.95. The average molecular weight is 178 g/mol. The molecule has 0 saturated heterocycles. The number of alkyl halides is 3. The van der Waals surface area contributed by atoms with E-state index < -0.39 is 17.7 Å². The molecule has 0 aromatic carbocycles. The van der Waals surface area contributed by atoms with Crippen molar-refractivity contribution in [2.24, 2.45) is 0 Å². The Labute approximate surface area is 66.0 Å². The summed E-state index contributed by atoms with van der Waals surface area (Å²) in [6.45, 7) is 1.38. The standard InChI is InChI=1S/C7H5F3O2/c1-4-2-3-12-5(4)6(11)7(8,9)10/h2-3H,1H3. The molecule has 0 saturated carbocycles. The summed E-state index contributed by atoms with van der Waals surface area (Å²) >= 11 is 0. The zero-order valence-corrected chi connectivity index (χ0v) is 6.11. The predicted octanol–water partition coefficient (Wildman–Crippen LogP) is 2.33. The zero-order chi connectivity index (χ0) is 9.35. The molecular weight excluding hydrogens is 173 g/mol. The maximum Gasteiger partial charge on any atom is 0.458 e. The van der Waals surface area contributed by atoms with Gasteiger partial charge in [0.25, 0.3) is 0 Å². The van der Waals surface area contributed by atoms with Crippen LogP contribution in [-0.2, 0) is 0 Å². The van der Waals surface area contributed by atoms with Crippen molar-refractivity contribution < 1.29 is 22.4 Å². The Morgan fingerprint density at radius 3 is 2.42 bits per heavy atom. The van der Waals surface area contributed by atoms with Crippen molar-refractivity contribution in [3.05, 3.63) is 23.7 Å². The van der Waals surface area contributed by atoms with Gasteiger partial charge in [-0.05, 0) is 18.6 Å². The van der Waals surface area contributed by atoms with Crippen molar-refractivity contribution in [3.8, 4) is 0 Å². The van der Waals surface area contributed by atoms with E-state index in [9.17, 15) is 18.0 Å². The predicted molar refractivity (Wildman–Crippen MR) is 33.8 cm³/mol. The third-order valence-electron chi connectivity index (χ3n) is 1.33. The molecule has 0 unspecified atom stereocenters. The van der Waals surface area contributed by atoms with E-state index in [1.165, 1.54) is 13.0 Å². The molecular formula is C7H5F3O2. The smallest absolute Gasteiger partial charge is 0.458 e. The van der Waals surface area contributed by atoms with Gasteiger partial charge in [-0.15, -0.1) is 0 Å². The number of hydrogen-bond donors (Lipinski definition) is 0. The highest BCUT2D eigenvalue weighted by molar-refractivity contribution is 5.98. The molecule has 2 nitrogen and oxygen atoms in total. The van der Waals surface area contributed by atoms with Crippen LogP contribution in [0.3, 0.4) is 0 Å². The highest BCUT2D eigenvalue weighted by Gasteiger charge is 2.41. The molecule has 0 bridgehead atoms. The summed E-state index contributed by atoms with van der Waals surface area (Å²) in [5, 5.41) is 0. The maximum absolute atomic E-state index is 11.8. The molecule has 0 radical (unpaired) electrons. The number of hydrogen-bond acceptors (Lipinski definition) is 2. The van der Waals surface area contributed by atoms with Crippen molar-refractivity contribution in [1.29, 1.82) is 0 Å². The first-order valence-corrected chi connectivity index (χ1v) is 3.08. The fourth-order valence-corrected chi connectivity index (χ4v) is 0.734. The van der Waals surface area contributed by atoms with Crippen molar-refractivity contribution in [3.63, 3.8) is 0 Å². The third-order valence-corrected chi connectivity index (χ3v) is 1.33. The highest BCUT2D eigenvalue weighted by Crippen LogP contribution is 2.23. The minimum atomic E-state index is -4.86. The molecule has 66 valence electrons. The molecule has 0 amide bonds. The minimum absolute atomic E-state index is 0.192. The first-order valence-electron chi connectivity index (χ1n) is 3.08. The van der Waals surface area contributed by atoms with E-state index in [1.54, 1.807) is 0 Å². The van der Waals surface area contributed by atoms with Crippen LogP contribution in [-0.4, -0.2) is 12.0 Å². The largest absolute Gasteiger partial charge is 0.461 e. The lowest BCUT2D eigenvalue weighted by molar-refractivity contribution is -0.0900. The number of rotatable bonds is 1. The Hall–Kier alpha value is -1.26. The molecule has 0 N–H and O–H groups in total. The van der Waals surface area contributed by atoms with Gasteiger partial charge in [-0.3, -0.25) is 4.79 Å². The lowest BCUT2D eigenvalue weighted by Gasteiger charge is -2.01. The molecule has 0 aliphatic rings. The summed E-state index contributed by atoms with van der Waals surface area (Å²) in [6, 6.07) is 1.30. The monoisotopic (exact) mass is 178 g/mol. The summed E-state index contributed by atoms with van der Waals surface area (Å²) in [5.74, 6) is -2.58. The minimum Gasteiger partial charge on any atom is -0.461 e. The van der Waals surface area contributed by atoms with Crippen molar-refractivity contribution in [2.75, 3.05) is 0 Å². The van der Waals surface area contributed by atoms with Gasteiger partial charge in [0.05, 0.1) is 6.26 Å². The quantitative estimate of drug-likeness (QED) is 0.617. The molecule has 1 aromatic heterocycles.